The monoisotopic (exact) mass is 513 g/mol. The maximum Gasteiger partial charge on any atom is 0.224 e. The number of amides is 1. The van der Waals surface area contributed by atoms with Crippen molar-refractivity contribution in [3.63, 3.8) is 0 Å². The van der Waals surface area contributed by atoms with Crippen LogP contribution in [0.5, 0.6) is 5.75 Å². The number of nitrogens with one attached hydrogen (secondary N) is 2. The number of anilines is 1. The Labute approximate surface area is 207 Å². The summed E-state index contributed by atoms with van der Waals surface area (Å²) in [4.78, 5) is 18.8. The molecule has 0 spiro atoms. The molecule has 0 bridgehead atoms. The molecule has 4 rings (SSSR count). The van der Waals surface area contributed by atoms with Gasteiger partial charge in [-0.25, -0.2) is 13.4 Å². The van der Waals surface area contributed by atoms with Gasteiger partial charge in [-0.3, -0.25) is 9.52 Å². The number of rotatable bonds is 10. The average molecular weight is 514 g/mol. The number of hydrogen-bond donors (Lipinski definition) is 3. The molecule has 0 aliphatic rings. The molecule has 2 N–H and O–H groups in total. The molecule has 0 saturated carbocycles. The molecule has 2 aromatic carbocycles. The highest BCUT2D eigenvalue weighted by Crippen LogP contribution is 2.31. The summed E-state index contributed by atoms with van der Waals surface area (Å²) in [5, 5.41) is 8.03. The number of thiazole rings is 1. The van der Waals surface area contributed by atoms with Crippen LogP contribution in [0.15, 0.2) is 71.4 Å². The van der Waals surface area contributed by atoms with Gasteiger partial charge in [0.05, 0.1) is 30.1 Å². The van der Waals surface area contributed by atoms with Crippen molar-refractivity contribution in [3.05, 3.63) is 88.2 Å². The lowest BCUT2D eigenvalue weighted by molar-refractivity contribution is -0.121. The Morgan fingerprint density at radius 2 is 1.88 bits per heavy atom. The summed E-state index contributed by atoms with van der Waals surface area (Å²) in [6.45, 7) is 0. The molecule has 10 heteroatoms. The van der Waals surface area contributed by atoms with Crippen molar-refractivity contribution in [2.45, 2.75) is 18.9 Å². The minimum Gasteiger partial charge on any atom is -0.497 e. The predicted molar refractivity (Wildman–Crippen MR) is 137 cm³/mol. The van der Waals surface area contributed by atoms with E-state index in [0.29, 0.717) is 17.9 Å². The summed E-state index contributed by atoms with van der Waals surface area (Å²) in [6, 6.07) is 18.2. The lowest BCUT2D eigenvalue weighted by Crippen LogP contribution is -2.31. The van der Waals surface area contributed by atoms with Gasteiger partial charge in [0.15, 0.2) is 0 Å². The molecule has 0 unspecified atom stereocenters. The third-order valence-corrected chi connectivity index (χ3v) is 7.40. The third-order valence-electron chi connectivity index (χ3n) is 5.06. The lowest BCUT2D eigenvalue weighted by atomic mass is 10.0. The number of hydrogen-bond acceptors (Lipinski definition) is 7. The quantitative estimate of drug-likeness (QED) is 0.272. The first-order chi connectivity index (χ1) is 16.5. The van der Waals surface area contributed by atoms with Crippen LogP contribution in [-0.2, 0) is 28.5 Å². The highest BCUT2D eigenvalue weighted by Gasteiger charge is 2.20. The number of ether oxygens (including phenoxy) is 1. The molecule has 7 nitrogen and oxygen atoms in total. The van der Waals surface area contributed by atoms with Crippen molar-refractivity contribution in [2.24, 2.45) is 0 Å². The molecule has 0 aliphatic heterocycles. The second-order valence-corrected chi connectivity index (χ2v) is 10.0. The molecule has 2 heterocycles. The number of methoxy groups -OCH3 is 1. The maximum atomic E-state index is 12.9. The smallest absolute Gasteiger partial charge is 0.224 e. The molecule has 2 aromatic heterocycles. The van der Waals surface area contributed by atoms with Crippen LogP contribution in [0.2, 0.25) is 0 Å². The van der Waals surface area contributed by atoms with Gasteiger partial charge in [0.25, 0.3) is 0 Å². The van der Waals surface area contributed by atoms with Crippen LogP contribution in [0.1, 0.15) is 22.9 Å². The van der Waals surface area contributed by atoms with E-state index in [9.17, 15) is 13.2 Å². The van der Waals surface area contributed by atoms with Gasteiger partial charge in [0, 0.05) is 11.1 Å². The molecule has 1 amide bonds. The molecule has 34 heavy (non-hydrogen) atoms. The highest BCUT2D eigenvalue weighted by molar-refractivity contribution is 7.73. The molecule has 1 atom stereocenters. The predicted octanol–water partition coefficient (Wildman–Crippen LogP) is 4.46. The van der Waals surface area contributed by atoms with E-state index in [1.54, 1.807) is 41.9 Å². The van der Waals surface area contributed by atoms with Crippen molar-refractivity contribution >= 4 is 45.2 Å². The van der Waals surface area contributed by atoms with E-state index in [-0.39, 0.29) is 18.4 Å². The fraction of sp³-hybridized carbons (Fsp3) is 0.167. The zero-order valence-corrected chi connectivity index (χ0v) is 20.8. The van der Waals surface area contributed by atoms with Crippen molar-refractivity contribution in [1.82, 2.24) is 10.3 Å². The molecule has 0 aliphatic carbocycles. The SMILES string of the molecule is COc1cccc(CC(=O)N[C@@H](Cc2ccc(N[SH](=O)=O)cc2)c2csc(-c3cccs3)n2)c1. The van der Waals surface area contributed by atoms with Crippen LogP contribution in [0.4, 0.5) is 5.69 Å². The number of thiophene rings is 1. The minimum atomic E-state index is -2.72. The zero-order valence-electron chi connectivity index (χ0n) is 18.3. The van der Waals surface area contributed by atoms with Crippen LogP contribution in [0, 0.1) is 0 Å². The molecule has 0 fully saturated rings. The number of carbonyl (C=O) groups is 1. The standard InChI is InChI=1S/C24H23N3O4S3/c1-31-19-5-2-4-17(12-19)14-23(28)25-20(13-16-7-9-18(10-8-16)27-34(29)30)21-15-33-24(26-21)22-6-3-11-32-22/h2-12,15,20,34H,13-14H2,1H3,(H,25,28)(H,27,29,30)/t20-/m0/s1. The van der Waals surface area contributed by atoms with Gasteiger partial charge in [-0.05, 0) is 53.3 Å². The Hall–Kier alpha value is -3.21. The number of carbonyl (C=O) groups excluding carboxylic acids is 1. The van der Waals surface area contributed by atoms with Gasteiger partial charge >= 0.3 is 0 Å². The van der Waals surface area contributed by atoms with E-state index in [2.05, 4.69) is 10.0 Å². The van der Waals surface area contributed by atoms with E-state index in [1.807, 2.05) is 59.3 Å². The van der Waals surface area contributed by atoms with E-state index in [1.165, 1.54) is 0 Å². The van der Waals surface area contributed by atoms with Gasteiger partial charge in [-0.1, -0.05) is 30.3 Å². The molecular weight excluding hydrogens is 490 g/mol. The zero-order chi connectivity index (χ0) is 23.9. The minimum absolute atomic E-state index is 0.120. The highest BCUT2D eigenvalue weighted by atomic mass is 32.2. The van der Waals surface area contributed by atoms with Crippen LogP contribution in [0.3, 0.4) is 0 Å². The summed E-state index contributed by atoms with van der Waals surface area (Å²) >= 11 is 3.17. The second-order valence-electron chi connectivity index (χ2n) is 7.47. The Kier molecular flexibility index (Phi) is 7.94. The Bertz CT molecular complexity index is 1310. The Morgan fingerprint density at radius 1 is 1.06 bits per heavy atom. The molecular formula is C24H23N3O4S3. The Balaban J connectivity index is 1.54. The maximum absolute atomic E-state index is 12.9. The summed E-state index contributed by atoms with van der Waals surface area (Å²) in [5.41, 5.74) is 3.09. The Morgan fingerprint density at radius 3 is 2.59 bits per heavy atom. The molecule has 0 saturated heterocycles. The fourth-order valence-electron chi connectivity index (χ4n) is 3.46. The van der Waals surface area contributed by atoms with Gasteiger partial charge in [-0.2, -0.15) is 0 Å². The average Bonchev–Trinajstić information content (AvgIpc) is 3.52. The van der Waals surface area contributed by atoms with Crippen LogP contribution in [-0.4, -0.2) is 26.4 Å². The largest absolute Gasteiger partial charge is 0.497 e. The number of nitrogens with zero attached hydrogens (tertiary/aromatic N) is 1. The van der Waals surface area contributed by atoms with E-state index in [0.717, 1.165) is 26.7 Å². The van der Waals surface area contributed by atoms with Gasteiger partial charge in [-0.15, -0.1) is 22.7 Å². The fourth-order valence-corrected chi connectivity index (χ4v) is 5.51. The summed E-state index contributed by atoms with van der Waals surface area (Å²) in [6.07, 6.45) is 0.732. The second kappa shape index (κ2) is 11.3. The number of benzene rings is 2. The third kappa shape index (κ3) is 6.43. The number of aromatic nitrogens is 1. The van der Waals surface area contributed by atoms with Crippen molar-refractivity contribution < 1.29 is 17.9 Å². The molecule has 176 valence electrons. The van der Waals surface area contributed by atoms with Crippen LogP contribution >= 0.6 is 22.7 Å². The van der Waals surface area contributed by atoms with Crippen LogP contribution < -0.4 is 14.8 Å². The number of thiol groups is 1. The van der Waals surface area contributed by atoms with Crippen molar-refractivity contribution in [2.75, 3.05) is 11.8 Å². The van der Waals surface area contributed by atoms with Crippen molar-refractivity contribution in [1.29, 1.82) is 0 Å². The summed E-state index contributed by atoms with van der Waals surface area (Å²) in [7, 11) is -1.12. The first kappa shape index (κ1) is 23.9. The van der Waals surface area contributed by atoms with Gasteiger partial charge in [0.2, 0.25) is 16.8 Å². The lowest BCUT2D eigenvalue weighted by Gasteiger charge is -2.18. The molecule has 4 aromatic rings. The van der Waals surface area contributed by atoms with Crippen molar-refractivity contribution in [3.8, 4) is 15.6 Å². The summed E-state index contributed by atoms with van der Waals surface area (Å²) in [5.74, 6) is 0.584. The normalized spacial score (nSPS) is 11.8. The van der Waals surface area contributed by atoms with E-state index < -0.39 is 10.9 Å². The van der Waals surface area contributed by atoms with Crippen LogP contribution in [0.25, 0.3) is 9.88 Å². The molecule has 0 radical (unpaired) electrons. The summed E-state index contributed by atoms with van der Waals surface area (Å²) < 4.78 is 29.4. The first-order valence-corrected chi connectivity index (χ1v) is 13.4. The van der Waals surface area contributed by atoms with E-state index >= 15 is 0 Å². The van der Waals surface area contributed by atoms with E-state index in [4.69, 9.17) is 9.72 Å². The first-order valence-electron chi connectivity index (χ1n) is 10.4. The van der Waals surface area contributed by atoms with Gasteiger partial charge in [0.1, 0.15) is 10.8 Å². The van der Waals surface area contributed by atoms with Gasteiger partial charge < -0.3 is 10.1 Å². The topological polar surface area (TPSA) is 97.4 Å².